The third kappa shape index (κ3) is 5.51. The van der Waals surface area contributed by atoms with Crippen molar-refractivity contribution < 1.29 is 17.9 Å². The number of nitrogens with zero attached hydrogens (tertiary/aromatic N) is 1. The van der Waals surface area contributed by atoms with Gasteiger partial charge in [0.1, 0.15) is 0 Å². The first kappa shape index (κ1) is 24.1. The number of benzene rings is 1. The molecule has 9 heteroatoms. The lowest BCUT2D eigenvalue weighted by Crippen LogP contribution is -2.47. The monoisotopic (exact) mass is 453 g/mol. The standard InChI is InChI=1S/C21H31N3O4S2/c1-7-24-15(6)18(20(25)28-12-13(2)3)19(22-21(24)29)16-8-10-17(11-9-16)23-30(26,27)14(4)5/h8-11,13-14,19,23H,7,12H2,1-6H3,(H,22,29). The Morgan fingerprint density at radius 2 is 1.83 bits per heavy atom. The number of thiocarbonyl (C=S) groups is 1. The number of allylic oxidation sites excluding steroid dienone is 1. The number of hydrogen-bond donors (Lipinski definition) is 2. The molecule has 1 heterocycles. The molecule has 1 aromatic carbocycles. The van der Waals surface area contributed by atoms with E-state index in [2.05, 4.69) is 10.0 Å². The van der Waals surface area contributed by atoms with Crippen LogP contribution in [0.4, 0.5) is 5.69 Å². The van der Waals surface area contributed by atoms with Crippen molar-refractivity contribution in [3.63, 3.8) is 0 Å². The van der Waals surface area contributed by atoms with E-state index >= 15 is 0 Å². The maximum atomic E-state index is 12.9. The van der Waals surface area contributed by atoms with Gasteiger partial charge < -0.3 is 15.0 Å². The minimum atomic E-state index is -3.43. The molecular weight excluding hydrogens is 422 g/mol. The average Bonchev–Trinajstić information content (AvgIpc) is 2.66. The maximum Gasteiger partial charge on any atom is 0.338 e. The fourth-order valence-corrected chi connectivity index (χ4v) is 4.11. The lowest BCUT2D eigenvalue weighted by atomic mass is 9.95. The van der Waals surface area contributed by atoms with Gasteiger partial charge in [0.15, 0.2) is 5.11 Å². The normalized spacial score (nSPS) is 17.4. The van der Waals surface area contributed by atoms with E-state index in [0.717, 1.165) is 11.3 Å². The van der Waals surface area contributed by atoms with Crippen LogP contribution in [0.2, 0.25) is 0 Å². The van der Waals surface area contributed by atoms with Crippen LogP contribution < -0.4 is 10.0 Å². The summed E-state index contributed by atoms with van der Waals surface area (Å²) in [6.45, 7) is 12.0. The van der Waals surface area contributed by atoms with Gasteiger partial charge in [0, 0.05) is 17.9 Å². The highest BCUT2D eigenvalue weighted by Gasteiger charge is 2.34. The molecule has 0 aliphatic carbocycles. The van der Waals surface area contributed by atoms with E-state index < -0.39 is 21.3 Å². The van der Waals surface area contributed by atoms with Gasteiger partial charge in [-0.15, -0.1) is 0 Å². The molecule has 166 valence electrons. The van der Waals surface area contributed by atoms with Crippen molar-refractivity contribution in [3.05, 3.63) is 41.1 Å². The van der Waals surface area contributed by atoms with E-state index in [1.807, 2.05) is 32.6 Å². The van der Waals surface area contributed by atoms with Gasteiger partial charge in [-0.2, -0.15) is 0 Å². The second-order valence-electron chi connectivity index (χ2n) is 7.94. The molecule has 2 N–H and O–H groups in total. The van der Waals surface area contributed by atoms with E-state index in [1.54, 1.807) is 38.1 Å². The van der Waals surface area contributed by atoms with Gasteiger partial charge in [-0.3, -0.25) is 4.72 Å². The van der Waals surface area contributed by atoms with Crippen LogP contribution in [0, 0.1) is 5.92 Å². The Labute approximate surface area is 184 Å². The lowest BCUT2D eigenvalue weighted by Gasteiger charge is -2.37. The Morgan fingerprint density at radius 3 is 2.33 bits per heavy atom. The molecule has 0 radical (unpaired) electrons. The molecule has 30 heavy (non-hydrogen) atoms. The van der Waals surface area contributed by atoms with Crippen LogP contribution in [-0.2, 0) is 19.6 Å². The summed E-state index contributed by atoms with van der Waals surface area (Å²) in [4.78, 5) is 14.8. The Kier molecular flexibility index (Phi) is 7.87. The third-order valence-electron chi connectivity index (χ3n) is 4.80. The van der Waals surface area contributed by atoms with Gasteiger partial charge in [-0.1, -0.05) is 26.0 Å². The SMILES string of the molecule is CCN1C(=S)NC(c2ccc(NS(=O)(=O)C(C)C)cc2)C(C(=O)OCC(C)C)=C1C. The van der Waals surface area contributed by atoms with Gasteiger partial charge in [0.2, 0.25) is 10.0 Å². The molecule has 7 nitrogen and oxygen atoms in total. The van der Waals surface area contributed by atoms with E-state index in [0.29, 0.717) is 29.5 Å². The van der Waals surface area contributed by atoms with Gasteiger partial charge in [0.25, 0.3) is 0 Å². The summed E-state index contributed by atoms with van der Waals surface area (Å²) in [6.07, 6.45) is 0. The van der Waals surface area contributed by atoms with Crippen LogP contribution in [0.15, 0.2) is 35.5 Å². The van der Waals surface area contributed by atoms with Crippen LogP contribution in [-0.4, -0.2) is 42.8 Å². The fourth-order valence-electron chi connectivity index (χ4n) is 3.02. The minimum absolute atomic E-state index is 0.224. The lowest BCUT2D eigenvalue weighted by molar-refractivity contribution is -0.140. The number of carbonyl (C=O) groups excluding carboxylic acids is 1. The van der Waals surface area contributed by atoms with Gasteiger partial charge in [0.05, 0.1) is 23.5 Å². The fraction of sp³-hybridized carbons (Fsp3) is 0.524. The first-order valence-electron chi connectivity index (χ1n) is 10.0. The molecule has 0 saturated heterocycles. The van der Waals surface area contributed by atoms with E-state index in [4.69, 9.17) is 17.0 Å². The summed E-state index contributed by atoms with van der Waals surface area (Å²) in [5, 5.41) is 3.22. The number of rotatable bonds is 8. The predicted octanol–water partition coefficient (Wildman–Crippen LogP) is 3.56. The van der Waals surface area contributed by atoms with Crippen molar-refractivity contribution in [2.45, 2.75) is 52.8 Å². The van der Waals surface area contributed by atoms with Crippen LogP contribution >= 0.6 is 12.2 Å². The van der Waals surface area contributed by atoms with Crippen molar-refractivity contribution in [2.24, 2.45) is 5.92 Å². The predicted molar refractivity (Wildman–Crippen MR) is 123 cm³/mol. The van der Waals surface area contributed by atoms with Crippen molar-refractivity contribution >= 4 is 39.0 Å². The number of ether oxygens (including phenoxy) is 1. The number of sulfonamides is 1. The van der Waals surface area contributed by atoms with Crippen molar-refractivity contribution in [3.8, 4) is 0 Å². The molecule has 0 amide bonds. The van der Waals surface area contributed by atoms with Crippen molar-refractivity contribution in [1.82, 2.24) is 10.2 Å². The molecule has 0 spiro atoms. The zero-order valence-corrected chi connectivity index (χ0v) is 20.0. The number of hydrogen-bond acceptors (Lipinski definition) is 5. The first-order valence-corrected chi connectivity index (χ1v) is 12.0. The molecule has 1 atom stereocenters. The molecule has 2 rings (SSSR count). The molecule has 0 bridgehead atoms. The van der Waals surface area contributed by atoms with Gasteiger partial charge in [-0.25, -0.2) is 13.2 Å². The molecule has 0 saturated carbocycles. The van der Waals surface area contributed by atoms with Crippen molar-refractivity contribution in [2.75, 3.05) is 17.9 Å². The third-order valence-corrected chi connectivity index (χ3v) is 6.90. The molecular formula is C21H31N3O4S2. The molecule has 0 fully saturated rings. The largest absolute Gasteiger partial charge is 0.462 e. The topological polar surface area (TPSA) is 87.7 Å². The van der Waals surface area contributed by atoms with Crippen LogP contribution in [0.25, 0.3) is 0 Å². The Bertz CT molecular complexity index is 922. The molecule has 1 aromatic rings. The molecule has 1 unspecified atom stereocenters. The van der Waals surface area contributed by atoms with E-state index in [9.17, 15) is 13.2 Å². The van der Waals surface area contributed by atoms with Crippen LogP contribution in [0.1, 0.15) is 53.1 Å². The summed E-state index contributed by atoms with van der Waals surface area (Å²) >= 11 is 5.49. The van der Waals surface area contributed by atoms with Gasteiger partial charge in [-0.05, 0) is 63.5 Å². The van der Waals surface area contributed by atoms with Crippen LogP contribution in [0.3, 0.4) is 0 Å². The second-order valence-corrected chi connectivity index (χ2v) is 10.6. The van der Waals surface area contributed by atoms with E-state index in [1.165, 1.54) is 0 Å². The zero-order chi connectivity index (χ0) is 22.6. The summed E-state index contributed by atoms with van der Waals surface area (Å²) in [6, 6.07) is 6.44. The highest BCUT2D eigenvalue weighted by molar-refractivity contribution is 7.93. The number of carbonyl (C=O) groups is 1. The number of nitrogens with one attached hydrogen (secondary N) is 2. The molecule has 1 aliphatic rings. The number of esters is 1. The summed E-state index contributed by atoms with van der Waals surface area (Å²) in [5.74, 6) is -0.161. The highest BCUT2D eigenvalue weighted by Crippen LogP contribution is 2.32. The van der Waals surface area contributed by atoms with Crippen LogP contribution in [0.5, 0.6) is 0 Å². The number of anilines is 1. The summed E-state index contributed by atoms with van der Waals surface area (Å²) in [7, 11) is -3.43. The Hall–Kier alpha value is -2.13. The van der Waals surface area contributed by atoms with Gasteiger partial charge >= 0.3 is 5.97 Å². The summed E-state index contributed by atoms with van der Waals surface area (Å²) < 4.78 is 32.3. The summed E-state index contributed by atoms with van der Waals surface area (Å²) in [5.41, 5.74) is 2.51. The Balaban J connectivity index is 2.38. The smallest absolute Gasteiger partial charge is 0.338 e. The quantitative estimate of drug-likeness (QED) is 0.460. The highest BCUT2D eigenvalue weighted by atomic mass is 32.2. The molecule has 1 aliphatic heterocycles. The van der Waals surface area contributed by atoms with Crippen molar-refractivity contribution in [1.29, 1.82) is 0 Å². The Morgan fingerprint density at radius 1 is 1.23 bits per heavy atom. The zero-order valence-electron chi connectivity index (χ0n) is 18.4. The molecule has 0 aromatic heterocycles. The maximum absolute atomic E-state index is 12.9. The van der Waals surface area contributed by atoms with E-state index in [-0.39, 0.29) is 11.9 Å². The first-order chi connectivity index (χ1) is 14.0. The average molecular weight is 454 g/mol. The minimum Gasteiger partial charge on any atom is -0.462 e. The second kappa shape index (κ2) is 9.78.